The number of rotatable bonds is 7. The average molecular weight is 285 g/mol. The third-order valence-electron chi connectivity index (χ3n) is 2.42. The van der Waals surface area contributed by atoms with Gasteiger partial charge in [-0.25, -0.2) is 8.42 Å². The summed E-state index contributed by atoms with van der Waals surface area (Å²) in [4.78, 5) is 0.135. The lowest BCUT2D eigenvalue weighted by Gasteiger charge is -2.06. The highest BCUT2D eigenvalue weighted by atomic mass is 32.2. The summed E-state index contributed by atoms with van der Waals surface area (Å²) >= 11 is 0. The Balaban J connectivity index is 2.64. The lowest BCUT2D eigenvalue weighted by Crippen LogP contribution is -2.19. The topological polar surface area (TPSA) is 75.6 Å². The van der Waals surface area contributed by atoms with E-state index in [1.807, 2.05) is 13.8 Å². The van der Waals surface area contributed by atoms with E-state index >= 15 is 0 Å². The molecule has 6 heteroatoms. The van der Waals surface area contributed by atoms with Crippen LogP contribution in [0, 0.1) is 6.92 Å². The third kappa shape index (κ3) is 5.21. The fourth-order valence-electron chi connectivity index (χ4n) is 1.28. The quantitative estimate of drug-likeness (QED) is 0.596. The van der Waals surface area contributed by atoms with Crippen LogP contribution in [0.2, 0.25) is 0 Å². The largest absolute Gasteiger partial charge is 0.480 e. The van der Waals surface area contributed by atoms with Crippen molar-refractivity contribution in [3.05, 3.63) is 42.0 Å². The van der Waals surface area contributed by atoms with E-state index in [0.717, 1.165) is 24.6 Å². The smallest absolute Gasteiger partial charge is 0.294 e. The molecule has 2 N–H and O–H groups in total. The molecule has 0 atom stereocenters. The summed E-state index contributed by atoms with van der Waals surface area (Å²) in [6.45, 7) is 4.21. The van der Waals surface area contributed by atoms with E-state index in [0.29, 0.717) is 6.61 Å². The Kier molecular flexibility index (Phi) is 5.69. The number of sulfonamides is 1. The molecule has 1 aromatic rings. The van der Waals surface area contributed by atoms with Crippen LogP contribution < -0.4 is 4.72 Å². The predicted molar refractivity (Wildman–Crippen MR) is 73.1 cm³/mol. The summed E-state index contributed by atoms with van der Waals surface area (Å²) in [6, 6.07) is 6.41. The van der Waals surface area contributed by atoms with Crippen LogP contribution in [0.4, 0.5) is 0 Å². The molecule has 0 aliphatic carbocycles. The monoisotopic (exact) mass is 285 g/mol. The second-order valence-corrected chi connectivity index (χ2v) is 5.83. The molecule has 0 saturated carbocycles. The summed E-state index contributed by atoms with van der Waals surface area (Å²) in [6.07, 6.45) is 2.66. The molecular weight excluding hydrogens is 266 g/mol. The van der Waals surface area contributed by atoms with Crippen LogP contribution in [-0.4, -0.2) is 20.1 Å². The Hall–Kier alpha value is -1.69. The van der Waals surface area contributed by atoms with Gasteiger partial charge in [0.05, 0.1) is 17.7 Å². The van der Waals surface area contributed by atoms with Gasteiger partial charge in [0, 0.05) is 0 Å². The van der Waals surface area contributed by atoms with Gasteiger partial charge in [0.15, 0.2) is 0 Å². The van der Waals surface area contributed by atoms with Crippen LogP contribution in [0.3, 0.4) is 0 Å². The maximum atomic E-state index is 11.9. The number of aliphatic hydroxyl groups is 1. The van der Waals surface area contributed by atoms with Gasteiger partial charge in [-0.15, -0.1) is 0 Å². The zero-order valence-corrected chi connectivity index (χ0v) is 11.9. The Morgan fingerprint density at radius 3 is 2.58 bits per heavy atom. The fourth-order valence-corrected chi connectivity index (χ4v) is 2.16. The first-order valence-corrected chi connectivity index (χ1v) is 7.55. The van der Waals surface area contributed by atoms with Gasteiger partial charge in [0.1, 0.15) is 0 Å². The van der Waals surface area contributed by atoms with Gasteiger partial charge in [0.2, 0.25) is 0 Å². The van der Waals surface area contributed by atoms with Gasteiger partial charge in [0.25, 0.3) is 16.0 Å². The number of aryl methyl sites for hydroxylation is 1. The molecule has 0 aromatic heterocycles. The van der Waals surface area contributed by atoms with Crippen molar-refractivity contribution in [3.8, 4) is 0 Å². The molecule has 0 amide bonds. The van der Waals surface area contributed by atoms with E-state index in [-0.39, 0.29) is 4.90 Å². The Morgan fingerprint density at radius 2 is 2.00 bits per heavy atom. The molecule has 1 rings (SSSR count). The maximum absolute atomic E-state index is 11.9. The lowest BCUT2D eigenvalue weighted by atomic mass is 10.2. The van der Waals surface area contributed by atoms with E-state index in [4.69, 9.17) is 4.74 Å². The van der Waals surface area contributed by atoms with Crippen LogP contribution >= 0.6 is 0 Å². The summed E-state index contributed by atoms with van der Waals surface area (Å²) in [5.74, 6) is -0.441. The zero-order chi connectivity index (χ0) is 14.3. The van der Waals surface area contributed by atoms with Crippen molar-refractivity contribution in [2.45, 2.75) is 31.6 Å². The molecule has 0 fully saturated rings. The molecule has 0 spiro atoms. The maximum Gasteiger partial charge on any atom is 0.294 e. The second kappa shape index (κ2) is 7.04. The van der Waals surface area contributed by atoms with Crippen molar-refractivity contribution in [2.24, 2.45) is 0 Å². The molecular formula is C13H19NO4S. The average Bonchev–Trinajstić information content (AvgIpc) is 2.37. The van der Waals surface area contributed by atoms with Gasteiger partial charge in [-0.1, -0.05) is 31.0 Å². The minimum atomic E-state index is -3.67. The first-order valence-electron chi connectivity index (χ1n) is 6.06. The van der Waals surface area contributed by atoms with Gasteiger partial charge in [-0.2, -0.15) is 0 Å². The van der Waals surface area contributed by atoms with Crippen LogP contribution in [0.5, 0.6) is 0 Å². The minimum absolute atomic E-state index is 0.135. The van der Waals surface area contributed by atoms with Crippen molar-refractivity contribution >= 4 is 10.0 Å². The van der Waals surface area contributed by atoms with Crippen molar-refractivity contribution in [1.29, 1.82) is 0 Å². The van der Waals surface area contributed by atoms with E-state index in [2.05, 4.69) is 4.72 Å². The van der Waals surface area contributed by atoms with Crippen LogP contribution in [0.15, 0.2) is 41.3 Å². The van der Waals surface area contributed by atoms with Crippen molar-refractivity contribution < 1.29 is 18.3 Å². The molecule has 0 bridgehead atoms. The predicted octanol–water partition coefficient (Wildman–Crippen LogP) is 2.45. The number of ether oxygens (including phenoxy) is 1. The lowest BCUT2D eigenvalue weighted by molar-refractivity contribution is 0.0900. The molecule has 1 aromatic carbocycles. The SMILES string of the molecule is CCCCO/C(O)=C/NS(=O)(=O)c1ccc(C)cc1. The molecule has 0 heterocycles. The molecule has 19 heavy (non-hydrogen) atoms. The second-order valence-electron chi connectivity index (χ2n) is 4.12. The van der Waals surface area contributed by atoms with Gasteiger partial charge in [-0.05, 0) is 25.5 Å². The Bertz CT molecular complexity index is 520. The highest BCUT2D eigenvalue weighted by Crippen LogP contribution is 2.10. The summed E-state index contributed by atoms with van der Waals surface area (Å²) in [7, 11) is -3.67. The normalized spacial score (nSPS) is 12.2. The molecule has 0 aliphatic heterocycles. The summed E-state index contributed by atoms with van der Waals surface area (Å²) in [5, 5.41) is 9.34. The van der Waals surface area contributed by atoms with Crippen molar-refractivity contribution in [3.63, 3.8) is 0 Å². The molecule has 5 nitrogen and oxygen atoms in total. The minimum Gasteiger partial charge on any atom is -0.480 e. The summed E-state index contributed by atoms with van der Waals surface area (Å²) < 4.78 is 30.8. The zero-order valence-electron chi connectivity index (χ0n) is 11.1. The van der Waals surface area contributed by atoms with Crippen molar-refractivity contribution in [2.75, 3.05) is 6.61 Å². The molecule has 0 saturated heterocycles. The standard InChI is InChI=1S/C13H19NO4S/c1-3-4-9-18-13(15)10-14-19(16,17)12-7-5-11(2)6-8-12/h5-8,10,14-15H,3-4,9H2,1-2H3/b13-10+. The summed E-state index contributed by atoms with van der Waals surface area (Å²) in [5.41, 5.74) is 0.972. The molecule has 0 unspecified atom stereocenters. The highest BCUT2D eigenvalue weighted by Gasteiger charge is 2.11. The number of hydrogen-bond acceptors (Lipinski definition) is 4. The van der Waals surface area contributed by atoms with E-state index < -0.39 is 16.0 Å². The van der Waals surface area contributed by atoms with Gasteiger partial charge >= 0.3 is 0 Å². The first-order chi connectivity index (χ1) is 8.95. The highest BCUT2D eigenvalue weighted by molar-refractivity contribution is 7.89. The van der Waals surface area contributed by atoms with E-state index in [1.54, 1.807) is 12.1 Å². The van der Waals surface area contributed by atoms with Crippen LogP contribution in [0.1, 0.15) is 25.3 Å². The number of aliphatic hydroxyl groups excluding tert-OH is 1. The number of unbranched alkanes of at least 4 members (excludes halogenated alkanes) is 1. The van der Waals surface area contributed by atoms with Gasteiger partial charge < -0.3 is 9.84 Å². The molecule has 106 valence electrons. The van der Waals surface area contributed by atoms with Crippen LogP contribution in [0.25, 0.3) is 0 Å². The van der Waals surface area contributed by atoms with Gasteiger partial charge in [-0.3, -0.25) is 4.72 Å². The van der Waals surface area contributed by atoms with E-state index in [1.165, 1.54) is 12.1 Å². The molecule has 0 aliphatic rings. The fraction of sp³-hybridized carbons (Fsp3) is 0.385. The third-order valence-corrected chi connectivity index (χ3v) is 3.74. The number of benzene rings is 1. The molecule has 0 radical (unpaired) electrons. The van der Waals surface area contributed by atoms with E-state index in [9.17, 15) is 13.5 Å². The van der Waals surface area contributed by atoms with Crippen molar-refractivity contribution in [1.82, 2.24) is 4.72 Å². The number of hydrogen-bond donors (Lipinski definition) is 2. The number of nitrogens with one attached hydrogen (secondary N) is 1. The Labute approximate surface area is 114 Å². The van der Waals surface area contributed by atoms with Crippen LogP contribution in [-0.2, 0) is 14.8 Å². The Morgan fingerprint density at radius 1 is 1.37 bits per heavy atom. The first kappa shape index (κ1) is 15.4.